The van der Waals surface area contributed by atoms with Crippen LogP contribution < -0.4 is 10.1 Å². The van der Waals surface area contributed by atoms with Gasteiger partial charge in [0.05, 0.1) is 0 Å². The number of halogens is 1. The molecule has 1 saturated heterocycles. The maximum absolute atomic E-state index is 5.72. The van der Waals surface area contributed by atoms with Gasteiger partial charge in [0.15, 0.2) is 5.06 Å². The molecule has 0 amide bonds. The molecule has 1 aliphatic rings. The number of hydrogen-bond donors (Lipinski definition) is 1. The summed E-state index contributed by atoms with van der Waals surface area (Å²) in [4.78, 5) is 0. The summed E-state index contributed by atoms with van der Waals surface area (Å²) < 4.78 is 6.83. The fraction of sp³-hybridized carbons (Fsp3) is 0.500. The zero-order valence-corrected chi connectivity index (χ0v) is 8.95. The van der Waals surface area contributed by atoms with E-state index in [9.17, 15) is 0 Å². The first-order valence-corrected chi connectivity index (χ1v) is 5.63. The fourth-order valence-corrected chi connectivity index (χ4v) is 2.57. The Balaban J connectivity index is 1.94. The van der Waals surface area contributed by atoms with Gasteiger partial charge in [0.2, 0.25) is 0 Å². The van der Waals surface area contributed by atoms with Gasteiger partial charge in [-0.15, -0.1) is 11.3 Å². The van der Waals surface area contributed by atoms with Crippen molar-refractivity contribution in [3.05, 3.63) is 15.9 Å². The van der Waals surface area contributed by atoms with Gasteiger partial charge < -0.3 is 10.1 Å². The van der Waals surface area contributed by atoms with E-state index < -0.39 is 0 Å². The van der Waals surface area contributed by atoms with Crippen molar-refractivity contribution in [1.82, 2.24) is 5.32 Å². The van der Waals surface area contributed by atoms with E-state index in [2.05, 4.69) is 21.2 Å². The van der Waals surface area contributed by atoms with E-state index >= 15 is 0 Å². The zero-order valence-electron chi connectivity index (χ0n) is 6.55. The van der Waals surface area contributed by atoms with Crippen LogP contribution >= 0.6 is 27.3 Å². The SMILES string of the molecule is Brc1csc(OC2CCNC2)c1. The van der Waals surface area contributed by atoms with Gasteiger partial charge in [-0.2, -0.15) is 0 Å². The van der Waals surface area contributed by atoms with E-state index in [0.29, 0.717) is 6.10 Å². The van der Waals surface area contributed by atoms with Crippen molar-refractivity contribution in [2.24, 2.45) is 0 Å². The van der Waals surface area contributed by atoms with Gasteiger partial charge in [-0.25, -0.2) is 0 Å². The Hall–Kier alpha value is -0.0600. The highest BCUT2D eigenvalue weighted by atomic mass is 79.9. The van der Waals surface area contributed by atoms with E-state index in [1.807, 2.05) is 11.4 Å². The first-order valence-electron chi connectivity index (χ1n) is 3.96. The van der Waals surface area contributed by atoms with Crippen LogP contribution in [0.2, 0.25) is 0 Å². The summed E-state index contributed by atoms with van der Waals surface area (Å²) >= 11 is 5.04. The molecular formula is C8H10BrNOS. The summed E-state index contributed by atoms with van der Waals surface area (Å²) in [6.45, 7) is 2.06. The monoisotopic (exact) mass is 247 g/mol. The van der Waals surface area contributed by atoms with E-state index in [1.54, 1.807) is 11.3 Å². The normalized spacial score (nSPS) is 22.9. The molecule has 66 valence electrons. The van der Waals surface area contributed by atoms with Gasteiger partial charge in [0, 0.05) is 22.5 Å². The zero-order chi connectivity index (χ0) is 8.39. The molecule has 4 heteroatoms. The predicted molar refractivity (Wildman–Crippen MR) is 53.9 cm³/mol. The van der Waals surface area contributed by atoms with Crippen LogP contribution in [0.4, 0.5) is 0 Å². The van der Waals surface area contributed by atoms with Crippen LogP contribution in [0, 0.1) is 0 Å². The highest BCUT2D eigenvalue weighted by Crippen LogP contribution is 2.28. The molecule has 1 fully saturated rings. The molecule has 2 nitrogen and oxygen atoms in total. The molecule has 1 N–H and O–H groups in total. The second-order valence-electron chi connectivity index (χ2n) is 2.82. The minimum atomic E-state index is 0.371. The quantitative estimate of drug-likeness (QED) is 0.866. The predicted octanol–water partition coefficient (Wildman–Crippen LogP) is 2.25. The summed E-state index contributed by atoms with van der Waals surface area (Å²) in [7, 11) is 0. The summed E-state index contributed by atoms with van der Waals surface area (Å²) in [5, 5.41) is 6.32. The number of hydrogen-bond acceptors (Lipinski definition) is 3. The summed E-state index contributed by atoms with van der Waals surface area (Å²) in [6.07, 6.45) is 1.49. The molecular weight excluding hydrogens is 238 g/mol. The van der Waals surface area contributed by atoms with Crippen molar-refractivity contribution in [3.63, 3.8) is 0 Å². The maximum atomic E-state index is 5.72. The van der Waals surface area contributed by atoms with Crippen molar-refractivity contribution in [2.75, 3.05) is 13.1 Å². The molecule has 0 aliphatic carbocycles. The average Bonchev–Trinajstić information content (AvgIpc) is 2.63. The first-order chi connectivity index (χ1) is 5.84. The molecule has 0 radical (unpaired) electrons. The van der Waals surface area contributed by atoms with Crippen molar-refractivity contribution < 1.29 is 4.74 Å². The molecule has 1 atom stereocenters. The molecule has 0 spiro atoms. The fourth-order valence-electron chi connectivity index (χ4n) is 1.25. The lowest BCUT2D eigenvalue weighted by atomic mass is 10.3. The standard InChI is InChI=1S/C8H10BrNOS/c9-6-3-8(12-5-6)11-7-1-2-10-4-7/h3,5,7,10H,1-2,4H2. The topological polar surface area (TPSA) is 21.3 Å². The Bertz CT molecular complexity index is 257. The summed E-state index contributed by atoms with van der Waals surface area (Å²) in [5.74, 6) is 0. The second-order valence-corrected chi connectivity index (χ2v) is 4.61. The van der Waals surface area contributed by atoms with E-state index in [4.69, 9.17) is 4.74 Å². The molecule has 1 unspecified atom stereocenters. The molecule has 12 heavy (non-hydrogen) atoms. The van der Waals surface area contributed by atoms with Crippen LogP contribution in [0.3, 0.4) is 0 Å². The summed E-state index contributed by atoms with van der Waals surface area (Å²) in [5.41, 5.74) is 0. The molecule has 1 aromatic heterocycles. The highest BCUT2D eigenvalue weighted by Gasteiger charge is 2.16. The third-order valence-corrected chi connectivity index (χ3v) is 3.42. The summed E-state index contributed by atoms with van der Waals surface area (Å²) in [6, 6.07) is 2.02. The van der Waals surface area contributed by atoms with Crippen molar-refractivity contribution in [1.29, 1.82) is 0 Å². The third-order valence-electron chi connectivity index (χ3n) is 1.84. The molecule has 0 saturated carbocycles. The van der Waals surface area contributed by atoms with Crippen LogP contribution in [-0.4, -0.2) is 19.2 Å². The van der Waals surface area contributed by atoms with E-state index in [-0.39, 0.29) is 0 Å². The van der Waals surface area contributed by atoms with Crippen molar-refractivity contribution >= 4 is 27.3 Å². The maximum Gasteiger partial charge on any atom is 0.175 e. The molecule has 1 aliphatic heterocycles. The van der Waals surface area contributed by atoms with Crippen LogP contribution in [-0.2, 0) is 0 Å². The van der Waals surface area contributed by atoms with Crippen molar-refractivity contribution in [3.8, 4) is 5.06 Å². The van der Waals surface area contributed by atoms with Gasteiger partial charge in [0.1, 0.15) is 6.10 Å². The third kappa shape index (κ3) is 2.00. The van der Waals surface area contributed by atoms with Gasteiger partial charge in [-0.1, -0.05) is 0 Å². The lowest BCUT2D eigenvalue weighted by Gasteiger charge is -2.08. The lowest BCUT2D eigenvalue weighted by molar-refractivity contribution is 0.230. The molecule has 1 aromatic rings. The van der Waals surface area contributed by atoms with Crippen LogP contribution in [0.25, 0.3) is 0 Å². The van der Waals surface area contributed by atoms with Gasteiger partial charge >= 0.3 is 0 Å². The van der Waals surface area contributed by atoms with Crippen molar-refractivity contribution in [2.45, 2.75) is 12.5 Å². The average molecular weight is 248 g/mol. The highest BCUT2D eigenvalue weighted by molar-refractivity contribution is 9.10. The number of ether oxygens (including phenoxy) is 1. The van der Waals surface area contributed by atoms with Gasteiger partial charge in [-0.05, 0) is 28.9 Å². The Morgan fingerprint density at radius 1 is 1.67 bits per heavy atom. The van der Waals surface area contributed by atoms with Crippen LogP contribution in [0.15, 0.2) is 15.9 Å². The minimum absolute atomic E-state index is 0.371. The Labute approximate surface area is 84.1 Å². The second kappa shape index (κ2) is 3.77. The van der Waals surface area contributed by atoms with Crippen LogP contribution in [0.1, 0.15) is 6.42 Å². The Kier molecular flexibility index (Phi) is 2.68. The Morgan fingerprint density at radius 2 is 2.58 bits per heavy atom. The number of rotatable bonds is 2. The molecule has 2 heterocycles. The first kappa shape index (κ1) is 8.53. The lowest BCUT2D eigenvalue weighted by Crippen LogP contribution is -2.18. The van der Waals surface area contributed by atoms with Gasteiger partial charge in [0.25, 0.3) is 0 Å². The minimum Gasteiger partial charge on any atom is -0.479 e. The molecule has 0 bridgehead atoms. The molecule has 2 rings (SSSR count). The van der Waals surface area contributed by atoms with Gasteiger partial charge in [-0.3, -0.25) is 0 Å². The number of nitrogens with one attached hydrogen (secondary N) is 1. The largest absolute Gasteiger partial charge is 0.479 e. The van der Waals surface area contributed by atoms with E-state index in [0.717, 1.165) is 29.0 Å². The smallest absolute Gasteiger partial charge is 0.175 e. The number of thiophene rings is 1. The molecule has 0 aromatic carbocycles. The Morgan fingerprint density at radius 3 is 3.17 bits per heavy atom. The van der Waals surface area contributed by atoms with Crippen LogP contribution in [0.5, 0.6) is 5.06 Å². The van der Waals surface area contributed by atoms with E-state index in [1.165, 1.54) is 0 Å².